The number of benzene rings is 2. The number of halogens is 1. The van der Waals surface area contributed by atoms with E-state index in [0.717, 1.165) is 0 Å². The van der Waals surface area contributed by atoms with Crippen LogP contribution in [0.2, 0.25) is 5.02 Å². The fourth-order valence-corrected chi connectivity index (χ4v) is 3.42. The molecule has 1 aliphatic rings. The molecule has 0 bridgehead atoms. The summed E-state index contributed by atoms with van der Waals surface area (Å²) in [6, 6.07) is 12.7. The molecule has 138 valence electrons. The highest BCUT2D eigenvalue weighted by Gasteiger charge is 2.33. The van der Waals surface area contributed by atoms with Gasteiger partial charge in [-0.05, 0) is 30.8 Å². The van der Waals surface area contributed by atoms with E-state index >= 15 is 0 Å². The number of carbonyl (C=O) groups excluding carboxylic acids is 1. The summed E-state index contributed by atoms with van der Waals surface area (Å²) in [5, 5.41) is 14.8. The molecule has 0 fully saturated rings. The SMILES string of the molecule is CC1=C(C(=O)c2ccccc2)C(c2ccc(Cl)c([N+](=O)[O-])c2)NC(=S)N1C. The van der Waals surface area contributed by atoms with Crippen molar-refractivity contribution in [2.24, 2.45) is 0 Å². The molecule has 0 saturated carbocycles. The predicted octanol–water partition coefficient (Wildman–Crippen LogP) is 4.27. The van der Waals surface area contributed by atoms with Crippen LogP contribution in [0.4, 0.5) is 5.69 Å². The standard InChI is InChI=1S/C19H16ClN3O3S/c1-11-16(18(24)12-6-4-3-5-7-12)17(21-19(27)22(11)2)13-8-9-14(20)15(10-13)23(25)26/h3-10,17H,1-2H3,(H,21,27). The highest BCUT2D eigenvalue weighted by atomic mass is 35.5. The van der Waals surface area contributed by atoms with Gasteiger partial charge in [0, 0.05) is 29.9 Å². The van der Waals surface area contributed by atoms with Crippen molar-refractivity contribution in [3.8, 4) is 0 Å². The Morgan fingerprint density at radius 3 is 2.56 bits per heavy atom. The fourth-order valence-electron chi connectivity index (χ4n) is 2.97. The molecule has 3 rings (SSSR count). The van der Waals surface area contributed by atoms with Crippen molar-refractivity contribution < 1.29 is 9.72 Å². The zero-order valence-corrected chi connectivity index (χ0v) is 16.2. The lowest BCUT2D eigenvalue weighted by Crippen LogP contribution is -2.45. The molecule has 0 amide bonds. The van der Waals surface area contributed by atoms with E-state index in [2.05, 4.69) is 5.32 Å². The predicted molar refractivity (Wildman–Crippen MR) is 108 cm³/mol. The van der Waals surface area contributed by atoms with Crippen LogP contribution < -0.4 is 5.32 Å². The summed E-state index contributed by atoms with van der Waals surface area (Å²) in [6.45, 7) is 1.81. The summed E-state index contributed by atoms with van der Waals surface area (Å²) in [5.41, 5.74) is 2.03. The van der Waals surface area contributed by atoms with Crippen LogP contribution in [0.25, 0.3) is 0 Å². The third kappa shape index (κ3) is 3.56. The maximum atomic E-state index is 13.2. The van der Waals surface area contributed by atoms with Crippen LogP contribution in [0.5, 0.6) is 0 Å². The molecular weight excluding hydrogens is 386 g/mol. The van der Waals surface area contributed by atoms with Crippen LogP contribution in [0.3, 0.4) is 0 Å². The minimum absolute atomic E-state index is 0.0379. The van der Waals surface area contributed by atoms with Gasteiger partial charge in [-0.2, -0.15) is 0 Å². The molecule has 0 radical (unpaired) electrons. The van der Waals surface area contributed by atoms with Gasteiger partial charge in [-0.1, -0.05) is 48.0 Å². The first-order valence-electron chi connectivity index (χ1n) is 8.10. The molecule has 0 aromatic heterocycles. The molecule has 27 heavy (non-hydrogen) atoms. The summed E-state index contributed by atoms with van der Waals surface area (Å²) < 4.78 is 0. The Hall–Kier alpha value is -2.77. The number of ketones is 1. The minimum atomic E-state index is -0.614. The van der Waals surface area contributed by atoms with E-state index in [1.54, 1.807) is 49.2 Å². The molecular formula is C19H16ClN3O3S. The molecule has 1 N–H and O–H groups in total. The molecule has 8 heteroatoms. The number of hydrogen-bond donors (Lipinski definition) is 1. The van der Waals surface area contributed by atoms with Crippen molar-refractivity contribution in [1.29, 1.82) is 0 Å². The Morgan fingerprint density at radius 2 is 1.93 bits per heavy atom. The molecule has 0 saturated heterocycles. The molecule has 0 spiro atoms. The third-order valence-electron chi connectivity index (χ3n) is 4.53. The Morgan fingerprint density at radius 1 is 1.26 bits per heavy atom. The van der Waals surface area contributed by atoms with Gasteiger partial charge in [0.15, 0.2) is 10.9 Å². The number of hydrogen-bond acceptors (Lipinski definition) is 4. The quantitative estimate of drug-likeness (QED) is 0.357. The van der Waals surface area contributed by atoms with Crippen molar-refractivity contribution in [2.45, 2.75) is 13.0 Å². The number of allylic oxidation sites excluding steroid dienone is 1. The molecule has 1 heterocycles. The largest absolute Gasteiger partial charge is 0.351 e. The molecule has 1 atom stereocenters. The summed E-state index contributed by atoms with van der Waals surface area (Å²) in [5.74, 6) is -0.169. The lowest BCUT2D eigenvalue weighted by Gasteiger charge is -2.35. The molecule has 1 aliphatic heterocycles. The normalized spacial score (nSPS) is 16.9. The second-order valence-corrected chi connectivity index (χ2v) is 6.90. The van der Waals surface area contributed by atoms with Gasteiger partial charge in [-0.15, -0.1) is 0 Å². The first kappa shape index (κ1) is 19.0. The topological polar surface area (TPSA) is 75.5 Å². The minimum Gasteiger partial charge on any atom is -0.351 e. The zero-order valence-electron chi connectivity index (χ0n) is 14.6. The van der Waals surface area contributed by atoms with E-state index in [1.807, 2.05) is 6.07 Å². The van der Waals surface area contributed by atoms with E-state index in [4.69, 9.17) is 23.8 Å². The molecule has 6 nitrogen and oxygen atoms in total. The maximum absolute atomic E-state index is 13.2. The van der Waals surface area contributed by atoms with Gasteiger partial charge in [-0.25, -0.2) is 0 Å². The van der Waals surface area contributed by atoms with Crippen LogP contribution >= 0.6 is 23.8 Å². The zero-order chi connectivity index (χ0) is 19.7. The van der Waals surface area contributed by atoms with Crippen LogP contribution in [-0.2, 0) is 0 Å². The van der Waals surface area contributed by atoms with E-state index in [9.17, 15) is 14.9 Å². The number of carbonyl (C=O) groups is 1. The van der Waals surface area contributed by atoms with E-state index in [0.29, 0.717) is 27.5 Å². The Bertz CT molecular complexity index is 975. The van der Waals surface area contributed by atoms with Gasteiger partial charge in [-0.3, -0.25) is 14.9 Å². The van der Waals surface area contributed by atoms with Crippen LogP contribution in [0.1, 0.15) is 28.9 Å². The highest BCUT2D eigenvalue weighted by molar-refractivity contribution is 7.80. The second-order valence-electron chi connectivity index (χ2n) is 6.10. The van der Waals surface area contributed by atoms with Crippen molar-refractivity contribution in [3.63, 3.8) is 0 Å². The Kier molecular flexibility index (Phi) is 5.25. The van der Waals surface area contributed by atoms with E-state index < -0.39 is 11.0 Å². The van der Waals surface area contributed by atoms with Crippen molar-refractivity contribution in [1.82, 2.24) is 10.2 Å². The number of Topliss-reactive ketones (excluding diaryl/α,β-unsaturated/α-hetero) is 1. The van der Waals surface area contributed by atoms with Crippen molar-refractivity contribution in [2.75, 3.05) is 7.05 Å². The number of nitrogens with zero attached hydrogens (tertiary/aromatic N) is 2. The number of thiocarbonyl (C=S) groups is 1. The van der Waals surface area contributed by atoms with Gasteiger partial charge in [0.25, 0.3) is 5.69 Å². The summed E-state index contributed by atoms with van der Waals surface area (Å²) in [6.07, 6.45) is 0. The van der Waals surface area contributed by atoms with Crippen LogP contribution in [0, 0.1) is 10.1 Å². The van der Waals surface area contributed by atoms with Crippen LogP contribution in [-0.4, -0.2) is 27.8 Å². The van der Waals surface area contributed by atoms with Crippen molar-refractivity contribution >= 4 is 40.4 Å². The average molecular weight is 402 g/mol. The van der Waals surface area contributed by atoms with Gasteiger partial charge >= 0.3 is 0 Å². The number of nitrogens with one attached hydrogen (secondary N) is 1. The first-order chi connectivity index (χ1) is 12.8. The Labute approximate surface area is 166 Å². The fraction of sp³-hybridized carbons (Fsp3) is 0.158. The first-order valence-corrected chi connectivity index (χ1v) is 8.88. The molecule has 2 aromatic carbocycles. The van der Waals surface area contributed by atoms with Gasteiger partial charge in [0.2, 0.25) is 0 Å². The monoisotopic (exact) mass is 401 g/mol. The van der Waals surface area contributed by atoms with Crippen molar-refractivity contribution in [3.05, 3.63) is 86.1 Å². The highest BCUT2D eigenvalue weighted by Crippen LogP contribution is 2.35. The Balaban J connectivity index is 2.15. The summed E-state index contributed by atoms with van der Waals surface area (Å²) >= 11 is 11.3. The smallest absolute Gasteiger partial charge is 0.288 e. The number of nitro benzene ring substituents is 1. The van der Waals surface area contributed by atoms with Gasteiger partial charge < -0.3 is 10.2 Å². The van der Waals surface area contributed by atoms with E-state index in [-0.39, 0.29) is 16.5 Å². The maximum Gasteiger partial charge on any atom is 0.288 e. The lowest BCUT2D eigenvalue weighted by atomic mass is 9.89. The number of nitro groups is 1. The van der Waals surface area contributed by atoms with E-state index in [1.165, 1.54) is 12.1 Å². The van der Waals surface area contributed by atoms with Gasteiger partial charge in [0.1, 0.15) is 5.02 Å². The lowest BCUT2D eigenvalue weighted by molar-refractivity contribution is -0.384. The molecule has 0 aliphatic carbocycles. The average Bonchev–Trinajstić information content (AvgIpc) is 2.66. The third-order valence-corrected chi connectivity index (χ3v) is 5.25. The summed E-state index contributed by atoms with van der Waals surface area (Å²) in [4.78, 5) is 25.6. The second kappa shape index (κ2) is 7.46. The van der Waals surface area contributed by atoms with Gasteiger partial charge in [0.05, 0.1) is 11.0 Å². The summed E-state index contributed by atoms with van der Waals surface area (Å²) in [7, 11) is 1.77. The number of rotatable bonds is 4. The molecule has 2 aromatic rings. The van der Waals surface area contributed by atoms with Crippen LogP contribution in [0.15, 0.2) is 59.8 Å². The molecule has 1 unspecified atom stereocenters.